The summed E-state index contributed by atoms with van der Waals surface area (Å²) < 4.78 is 24.0. The molecule has 2 aliphatic rings. The summed E-state index contributed by atoms with van der Waals surface area (Å²) in [4.78, 5) is 39.2. The molecule has 0 radical (unpaired) electrons. The lowest BCUT2D eigenvalue weighted by Gasteiger charge is -2.39. The number of benzene rings is 1. The van der Waals surface area contributed by atoms with Crippen LogP contribution in [0.3, 0.4) is 0 Å². The lowest BCUT2D eigenvalue weighted by Crippen LogP contribution is -2.56. The molecule has 0 N–H and O–H groups in total. The highest BCUT2D eigenvalue weighted by molar-refractivity contribution is 5.98. The van der Waals surface area contributed by atoms with Crippen LogP contribution in [-0.2, 0) is 19.1 Å². The van der Waals surface area contributed by atoms with Crippen molar-refractivity contribution >= 4 is 17.7 Å². The zero-order valence-electron chi connectivity index (χ0n) is 14.5. The number of morpholine rings is 1. The molecule has 2 heterocycles. The van der Waals surface area contributed by atoms with Gasteiger partial charge in [-0.25, -0.2) is 4.39 Å². The first-order chi connectivity index (χ1) is 12.5. The lowest BCUT2D eigenvalue weighted by molar-refractivity contribution is -0.162. The fraction of sp³-hybridized carbons (Fsp3) is 0.500. The summed E-state index contributed by atoms with van der Waals surface area (Å²) in [7, 11) is 0. The first-order valence-corrected chi connectivity index (χ1v) is 8.60. The minimum atomic E-state index is -0.824. The van der Waals surface area contributed by atoms with E-state index >= 15 is 0 Å². The van der Waals surface area contributed by atoms with E-state index in [1.54, 1.807) is 24.0 Å². The average molecular weight is 364 g/mol. The van der Waals surface area contributed by atoms with Crippen molar-refractivity contribution in [3.63, 3.8) is 0 Å². The van der Waals surface area contributed by atoms with E-state index in [9.17, 15) is 18.8 Å². The van der Waals surface area contributed by atoms with Crippen molar-refractivity contribution in [1.82, 2.24) is 9.80 Å². The Balaban J connectivity index is 1.55. The van der Waals surface area contributed by atoms with Gasteiger partial charge in [-0.15, -0.1) is 0 Å². The molecule has 8 heteroatoms. The molecule has 1 atom stereocenters. The molecule has 0 saturated carbocycles. The van der Waals surface area contributed by atoms with Gasteiger partial charge in [-0.05, 0) is 31.9 Å². The number of hydrogen-bond donors (Lipinski definition) is 0. The standard InChI is InChI=1S/C18H21FN2O5/c1-12(26-15-5-3-2-4-14(15)19)18(24)20-8-6-13(7-9-20)21-16(22)10-25-11-17(21)23/h2-5,12-13H,6-11H2,1H3/t12-/m0/s1. The van der Waals surface area contributed by atoms with Crippen LogP contribution >= 0.6 is 0 Å². The number of rotatable bonds is 4. The molecule has 0 aromatic heterocycles. The van der Waals surface area contributed by atoms with E-state index in [-0.39, 0.29) is 42.7 Å². The number of carbonyl (C=O) groups is 3. The SMILES string of the molecule is C[C@H](Oc1ccccc1F)C(=O)N1CCC(N2C(=O)COCC2=O)CC1. The van der Waals surface area contributed by atoms with Crippen molar-refractivity contribution in [3.8, 4) is 5.75 Å². The van der Waals surface area contributed by atoms with Crippen LogP contribution in [0.25, 0.3) is 0 Å². The van der Waals surface area contributed by atoms with Crippen LogP contribution in [0, 0.1) is 5.82 Å². The minimum absolute atomic E-state index is 0.0350. The smallest absolute Gasteiger partial charge is 0.263 e. The van der Waals surface area contributed by atoms with E-state index in [1.807, 2.05) is 0 Å². The lowest BCUT2D eigenvalue weighted by atomic mass is 10.0. The molecule has 1 aromatic rings. The molecule has 2 saturated heterocycles. The molecule has 26 heavy (non-hydrogen) atoms. The third-order valence-electron chi connectivity index (χ3n) is 4.62. The molecule has 1 aromatic carbocycles. The Hall–Kier alpha value is -2.48. The van der Waals surface area contributed by atoms with Crippen LogP contribution in [0.5, 0.6) is 5.75 Å². The zero-order chi connectivity index (χ0) is 18.7. The number of nitrogens with zero attached hydrogens (tertiary/aromatic N) is 2. The van der Waals surface area contributed by atoms with Crippen molar-refractivity contribution in [2.75, 3.05) is 26.3 Å². The number of ether oxygens (including phenoxy) is 2. The Morgan fingerprint density at radius 3 is 2.42 bits per heavy atom. The van der Waals surface area contributed by atoms with Crippen molar-refractivity contribution in [2.45, 2.75) is 31.9 Å². The van der Waals surface area contributed by atoms with Crippen LogP contribution in [0.4, 0.5) is 4.39 Å². The van der Waals surface area contributed by atoms with Crippen molar-refractivity contribution in [1.29, 1.82) is 0 Å². The summed E-state index contributed by atoms with van der Waals surface area (Å²) in [6, 6.07) is 5.71. The van der Waals surface area contributed by atoms with Crippen LogP contribution in [0.1, 0.15) is 19.8 Å². The number of amides is 3. The number of halogens is 1. The monoisotopic (exact) mass is 364 g/mol. The van der Waals surface area contributed by atoms with Gasteiger partial charge in [-0.2, -0.15) is 0 Å². The van der Waals surface area contributed by atoms with E-state index in [4.69, 9.17) is 9.47 Å². The molecule has 0 unspecified atom stereocenters. The number of imide groups is 1. The molecule has 3 amide bonds. The zero-order valence-corrected chi connectivity index (χ0v) is 14.5. The molecule has 3 rings (SSSR count). The predicted octanol–water partition coefficient (Wildman–Crippen LogP) is 0.969. The summed E-state index contributed by atoms with van der Waals surface area (Å²) in [5.41, 5.74) is 0. The number of para-hydroxylation sites is 1. The highest BCUT2D eigenvalue weighted by Gasteiger charge is 2.36. The predicted molar refractivity (Wildman–Crippen MR) is 88.8 cm³/mol. The number of carbonyl (C=O) groups excluding carboxylic acids is 3. The molecule has 2 fully saturated rings. The molecule has 0 spiro atoms. The Kier molecular flexibility index (Phi) is 5.51. The Labute approximate surface area is 150 Å². The Bertz CT molecular complexity index is 687. The first-order valence-electron chi connectivity index (χ1n) is 8.60. The molecule has 7 nitrogen and oxygen atoms in total. The molecule has 0 aliphatic carbocycles. The maximum Gasteiger partial charge on any atom is 0.263 e. The molecule has 2 aliphatic heterocycles. The summed E-state index contributed by atoms with van der Waals surface area (Å²) in [5.74, 6) is -1.39. The second kappa shape index (κ2) is 7.82. The van der Waals surface area contributed by atoms with Gasteiger partial charge in [0.05, 0.1) is 0 Å². The summed E-state index contributed by atoms with van der Waals surface area (Å²) in [6.07, 6.45) is 0.195. The van der Waals surface area contributed by atoms with Crippen LogP contribution in [-0.4, -0.2) is 66.0 Å². The molecular weight excluding hydrogens is 343 g/mol. The van der Waals surface area contributed by atoms with E-state index in [0.717, 1.165) is 0 Å². The molecular formula is C18H21FN2O5. The van der Waals surface area contributed by atoms with Gasteiger partial charge >= 0.3 is 0 Å². The van der Waals surface area contributed by atoms with Gasteiger partial charge in [0.25, 0.3) is 17.7 Å². The van der Waals surface area contributed by atoms with Gasteiger partial charge in [0.15, 0.2) is 17.7 Å². The Morgan fingerprint density at radius 1 is 1.19 bits per heavy atom. The average Bonchev–Trinajstić information content (AvgIpc) is 2.63. The molecule has 0 bridgehead atoms. The fourth-order valence-corrected chi connectivity index (χ4v) is 3.29. The quantitative estimate of drug-likeness (QED) is 0.744. The summed E-state index contributed by atoms with van der Waals surface area (Å²) in [5, 5.41) is 0. The molecule has 140 valence electrons. The van der Waals surface area contributed by atoms with Crippen molar-refractivity contribution in [2.24, 2.45) is 0 Å². The van der Waals surface area contributed by atoms with E-state index in [2.05, 4.69) is 0 Å². The van der Waals surface area contributed by atoms with Gasteiger partial charge in [-0.1, -0.05) is 12.1 Å². The largest absolute Gasteiger partial charge is 0.478 e. The Morgan fingerprint density at radius 2 is 1.81 bits per heavy atom. The normalized spacial score (nSPS) is 20.2. The highest BCUT2D eigenvalue weighted by Crippen LogP contribution is 2.21. The topological polar surface area (TPSA) is 76.2 Å². The number of hydrogen-bond acceptors (Lipinski definition) is 5. The van der Waals surface area contributed by atoms with Gasteiger partial charge in [0, 0.05) is 19.1 Å². The third kappa shape index (κ3) is 3.85. The van der Waals surface area contributed by atoms with E-state index in [1.165, 1.54) is 17.0 Å². The van der Waals surface area contributed by atoms with E-state index < -0.39 is 11.9 Å². The van der Waals surface area contributed by atoms with E-state index in [0.29, 0.717) is 25.9 Å². The van der Waals surface area contributed by atoms with Gasteiger partial charge < -0.3 is 14.4 Å². The van der Waals surface area contributed by atoms with Gasteiger partial charge in [0.1, 0.15) is 13.2 Å². The third-order valence-corrected chi connectivity index (χ3v) is 4.62. The van der Waals surface area contributed by atoms with Crippen LogP contribution < -0.4 is 4.74 Å². The number of piperidine rings is 1. The highest BCUT2D eigenvalue weighted by atomic mass is 19.1. The maximum absolute atomic E-state index is 13.7. The number of likely N-dealkylation sites (tertiary alicyclic amines) is 1. The summed E-state index contributed by atoms with van der Waals surface area (Å²) in [6.45, 7) is 2.23. The fourth-order valence-electron chi connectivity index (χ4n) is 3.29. The van der Waals surface area contributed by atoms with Gasteiger partial charge in [0.2, 0.25) is 0 Å². The first kappa shape index (κ1) is 18.3. The second-order valence-electron chi connectivity index (χ2n) is 6.40. The van der Waals surface area contributed by atoms with Crippen LogP contribution in [0.2, 0.25) is 0 Å². The minimum Gasteiger partial charge on any atom is -0.478 e. The van der Waals surface area contributed by atoms with Gasteiger partial charge in [-0.3, -0.25) is 19.3 Å². The van der Waals surface area contributed by atoms with Crippen LogP contribution in [0.15, 0.2) is 24.3 Å². The summed E-state index contributed by atoms with van der Waals surface area (Å²) >= 11 is 0. The second-order valence-corrected chi connectivity index (χ2v) is 6.40. The van der Waals surface area contributed by atoms with Crippen molar-refractivity contribution in [3.05, 3.63) is 30.1 Å². The van der Waals surface area contributed by atoms with Crippen molar-refractivity contribution < 1.29 is 28.2 Å². The maximum atomic E-state index is 13.7.